The van der Waals surface area contributed by atoms with Crippen LogP contribution >= 0.6 is 15.9 Å². The van der Waals surface area contributed by atoms with E-state index in [2.05, 4.69) is 31.0 Å². The van der Waals surface area contributed by atoms with Gasteiger partial charge in [0.05, 0.1) is 11.1 Å². The average molecular weight is 545 g/mol. The number of ether oxygens (including phenoxy) is 1. The first-order valence-electron chi connectivity index (χ1n) is 9.37. The minimum Gasteiger partial charge on any atom is -0.487 e. The number of primary amides is 1. The number of hydrogen-bond donors (Lipinski definition) is 1. The van der Waals surface area contributed by atoms with E-state index in [0.29, 0.717) is 12.1 Å². The molecule has 2 aromatic heterocycles. The van der Waals surface area contributed by atoms with Crippen molar-refractivity contribution in [2.75, 3.05) is 6.61 Å². The van der Waals surface area contributed by atoms with Crippen molar-refractivity contribution in [3.63, 3.8) is 0 Å². The maximum absolute atomic E-state index is 13.4. The minimum absolute atomic E-state index is 0.0723. The standard InChI is InChI=1S/C20H14BrF5N6O2/c1-9(18-30-19(21)31-32(18)15-3-2-10(6-27)7-29-15)16-12(17(28)33)4-11(20(24,25)26)5-13(16)34-8-14(22)23/h2-5,7,9,14H,8H2,1H3,(H2,28,33). The van der Waals surface area contributed by atoms with Crippen molar-refractivity contribution >= 4 is 21.8 Å². The predicted octanol–water partition coefficient (Wildman–Crippen LogP) is 4.21. The molecule has 0 saturated heterocycles. The topological polar surface area (TPSA) is 120 Å². The van der Waals surface area contributed by atoms with Crippen molar-refractivity contribution < 1.29 is 31.5 Å². The van der Waals surface area contributed by atoms with Gasteiger partial charge < -0.3 is 10.5 Å². The molecule has 0 fully saturated rings. The van der Waals surface area contributed by atoms with Crippen LogP contribution in [0.15, 0.2) is 35.2 Å². The summed E-state index contributed by atoms with van der Waals surface area (Å²) in [6, 6.07) is 5.86. The van der Waals surface area contributed by atoms with Gasteiger partial charge in [-0.2, -0.15) is 23.1 Å². The number of halogens is 6. The molecule has 1 unspecified atom stereocenters. The van der Waals surface area contributed by atoms with Gasteiger partial charge in [-0.15, -0.1) is 5.10 Å². The van der Waals surface area contributed by atoms with E-state index in [4.69, 9.17) is 15.7 Å². The first-order chi connectivity index (χ1) is 15.9. The molecule has 34 heavy (non-hydrogen) atoms. The van der Waals surface area contributed by atoms with Gasteiger partial charge in [0.15, 0.2) is 5.82 Å². The van der Waals surface area contributed by atoms with E-state index < -0.39 is 47.9 Å². The highest BCUT2D eigenvalue weighted by Gasteiger charge is 2.35. The number of aromatic nitrogens is 4. The lowest BCUT2D eigenvalue weighted by atomic mass is 9.91. The predicted molar refractivity (Wildman–Crippen MR) is 111 cm³/mol. The third-order valence-corrected chi connectivity index (χ3v) is 4.96. The molecule has 8 nitrogen and oxygen atoms in total. The third kappa shape index (κ3) is 5.30. The fourth-order valence-corrected chi connectivity index (χ4v) is 3.51. The van der Waals surface area contributed by atoms with Gasteiger partial charge in [0.25, 0.3) is 6.43 Å². The van der Waals surface area contributed by atoms with E-state index in [9.17, 15) is 26.7 Å². The molecule has 0 radical (unpaired) electrons. The second kappa shape index (κ2) is 9.72. The van der Waals surface area contributed by atoms with E-state index in [0.717, 1.165) is 0 Å². The molecule has 0 aliphatic heterocycles. The maximum atomic E-state index is 13.4. The number of carbonyl (C=O) groups is 1. The maximum Gasteiger partial charge on any atom is 0.416 e. The minimum atomic E-state index is -4.90. The van der Waals surface area contributed by atoms with Crippen LogP contribution in [-0.4, -0.2) is 38.7 Å². The Balaban J connectivity index is 2.22. The SMILES string of the molecule is CC(c1c(OCC(F)F)cc(C(F)(F)F)cc1C(N)=O)c1nc(Br)nn1-c1ccc(C#N)cn1. The number of amides is 1. The van der Waals surface area contributed by atoms with Crippen LogP contribution in [0.2, 0.25) is 0 Å². The normalized spacial score (nSPS) is 12.4. The molecule has 0 bridgehead atoms. The van der Waals surface area contributed by atoms with Gasteiger partial charge in [-0.05, 0) is 40.2 Å². The number of nitrogens with zero attached hydrogens (tertiary/aromatic N) is 5. The summed E-state index contributed by atoms with van der Waals surface area (Å²) in [6.07, 6.45) is -6.62. The molecule has 3 aromatic rings. The molecule has 2 heterocycles. The molecule has 0 aliphatic rings. The van der Waals surface area contributed by atoms with Gasteiger partial charge in [-0.3, -0.25) is 4.79 Å². The van der Waals surface area contributed by atoms with Crippen LogP contribution in [0.3, 0.4) is 0 Å². The quantitative estimate of drug-likeness (QED) is 0.445. The number of hydrogen-bond acceptors (Lipinski definition) is 6. The van der Waals surface area contributed by atoms with Gasteiger partial charge in [-0.1, -0.05) is 6.92 Å². The Labute approximate surface area is 197 Å². The summed E-state index contributed by atoms with van der Waals surface area (Å²) >= 11 is 3.11. The van der Waals surface area contributed by atoms with Crippen molar-refractivity contribution in [2.45, 2.75) is 25.4 Å². The molecule has 2 N–H and O–H groups in total. The van der Waals surface area contributed by atoms with Gasteiger partial charge in [0.2, 0.25) is 10.6 Å². The van der Waals surface area contributed by atoms with Crippen molar-refractivity contribution in [1.82, 2.24) is 19.7 Å². The highest BCUT2D eigenvalue weighted by atomic mass is 79.9. The van der Waals surface area contributed by atoms with Crippen molar-refractivity contribution in [1.29, 1.82) is 5.26 Å². The van der Waals surface area contributed by atoms with E-state index >= 15 is 0 Å². The molecular formula is C20H14BrF5N6O2. The summed E-state index contributed by atoms with van der Waals surface area (Å²) in [5.74, 6) is -2.57. The number of nitriles is 1. The summed E-state index contributed by atoms with van der Waals surface area (Å²) in [5.41, 5.74) is 3.56. The van der Waals surface area contributed by atoms with Gasteiger partial charge in [0, 0.05) is 23.2 Å². The zero-order chi connectivity index (χ0) is 25.2. The first-order valence-corrected chi connectivity index (χ1v) is 10.2. The highest BCUT2D eigenvalue weighted by Crippen LogP contribution is 2.40. The van der Waals surface area contributed by atoms with E-state index in [1.165, 1.54) is 29.9 Å². The fourth-order valence-electron chi connectivity index (χ4n) is 3.17. The highest BCUT2D eigenvalue weighted by molar-refractivity contribution is 9.10. The molecule has 14 heteroatoms. The Hall–Kier alpha value is -3.60. The fraction of sp³-hybridized carbons (Fsp3) is 0.250. The Morgan fingerprint density at radius 2 is 2.03 bits per heavy atom. The van der Waals surface area contributed by atoms with Crippen molar-refractivity contribution in [3.8, 4) is 17.6 Å². The average Bonchev–Trinajstić information content (AvgIpc) is 3.17. The lowest BCUT2D eigenvalue weighted by molar-refractivity contribution is -0.137. The Morgan fingerprint density at radius 1 is 1.32 bits per heavy atom. The lowest BCUT2D eigenvalue weighted by Gasteiger charge is -2.21. The van der Waals surface area contributed by atoms with E-state index in [1.54, 1.807) is 0 Å². The summed E-state index contributed by atoms with van der Waals surface area (Å²) in [6.45, 7) is 0.244. The van der Waals surface area contributed by atoms with Crippen LogP contribution in [0.1, 0.15) is 45.7 Å². The summed E-state index contributed by atoms with van der Waals surface area (Å²) in [5, 5.41) is 13.1. The second-order valence-electron chi connectivity index (χ2n) is 6.89. The molecule has 0 saturated carbocycles. The molecular weight excluding hydrogens is 531 g/mol. The van der Waals surface area contributed by atoms with Crippen LogP contribution in [0.25, 0.3) is 5.82 Å². The third-order valence-electron chi connectivity index (χ3n) is 4.62. The Bertz CT molecular complexity index is 1250. The summed E-state index contributed by atoms with van der Waals surface area (Å²) < 4.78 is 72.1. The molecule has 3 rings (SSSR count). The Kier molecular flexibility index (Phi) is 7.15. The zero-order valence-corrected chi connectivity index (χ0v) is 18.7. The number of alkyl halides is 5. The summed E-state index contributed by atoms with van der Waals surface area (Å²) in [7, 11) is 0. The molecule has 1 atom stereocenters. The molecule has 0 aliphatic carbocycles. The number of carbonyl (C=O) groups excluding carboxylic acids is 1. The van der Waals surface area contributed by atoms with Crippen LogP contribution < -0.4 is 10.5 Å². The smallest absolute Gasteiger partial charge is 0.416 e. The molecule has 1 amide bonds. The van der Waals surface area contributed by atoms with Gasteiger partial charge in [-0.25, -0.2) is 18.7 Å². The van der Waals surface area contributed by atoms with Gasteiger partial charge >= 0.3 is 6.18 Å². The van der Waals surface area contributed by atoms with Crippen LogP contribution in [-0.2, 0) is 6.18 Å². The van der Waals surface area contributed by atoms with Crippen molar-refractivity contribution in [3.05, 3.63) is 63.3 Å². The number of rotatable bonds is 7. The van der Waals surface area contributed by atoms with Gasteiger partial charge in [0.1, 0.15) is 24.3 Å². The molecule has 0 spiro atoms. The monoisotopic (exact) mass is 544 g/mol. The second-order valence-corrected chi connectivity index (χ2v) is 7.60. The Morgan fingerprint density at radius 3 is 2.56 bits per heavy atom. The van der Waals surface area contributed by atoms with E-state index in [-0.39, 0.29) is 27.5 Å². The van der Waals surface area contributed by atoms with Crippen LogP contribution in [0.4, 0.5) is 22.0 Å². The van der Waals surface area contributed by atoms with E-state index in [1.807, 2.05) is 6.07 Å². The molecule has 1 aromatic carbocycles. The zero-order valence-electron chi connectivity index (χ0n) is 17.1. The van der Waals surface area contributed by atoms with Crippen LogP contribution in [0.5, 0.6) is 5.75 Å². The largest absolute Gasteiger partial charge is 0.487 e. The van der Waals surface area contributed by atoms with Crippen LogP contribution in [0, 0.1) is 11.3 Å². The van der Waals surface area contributed by atoms with Crippen molar-refractivity contribution in [2.24, 2.45) is 5.73 Å². The summed E-state index contributed by atoms with van der Waals surface area (Å²) in [4.78, 5) is 20.4. The number of benzene rings is 1. The molecule has 178 valence electrons. The first kappa shape index (κ1) is 25.0. The lowest BCUT2D eigenvalue weighted by Crippen LogP contribution is -2.21. The number of nitrogens with two attached hydrogens (primary N) is 1. The number of pyridine rings is 1.